The number of amides is 2. The molecule has 0 unspecified atom stereocenters. The number of anilines is 2. The monoisotopic (exact) mass is 409 g/mol. The summed E-state index contributed by atoms with van der Waals surface area (Å²) in [7, 11) is 0. The summed E-state index contributed by atoms with van der Waals surface area (Å²) in [6, 6.07) is 5.21. The topological polar surface area (TPSA) is 99.7 Å². The van der Waals surface area contributed by atoms with Crippen LogP contribution in [0.5, 0.6) is 0 Å². The fourth-order valence-corrected chi connectivity index (χ4v) is 2.89. The summed E-state index contributed by atoms with van der Waals surface area (Å²) in [6.45, 7) is 3.21. The first kappa shape index (κ1) is 21.6. The van der Waals surface area contributed by atoms with Crippen LogP contribution >= 0.6 is 0 Å². The summed E-state index contributed by atoms with van der Waals surface area (Å²) in [6.07, 6.45) is 0. The van der Waals surface area contributed by atoms with Crippen LogP contribution in [0.2, 0.25) is 0 Å². The van der Waals surface area contributed by atoms with Gasteiger partial charge in [-0.2, -0.15) is 0 Å². The number of hydrogen-bond acceptors (Lipinski definition) is 8. The van der Waals surface area contributed by atoms with Crippen LogP contribution in [0.4, 0.5) is 11.6 Å². The number of pyridine rings is 1. The molecule has 0 saturated heterocycles. The van der Waals surface area contributed by atoms with Crippen LogP contribution in [0.1, 0.15) is 0 Å². The lowest BCUT2D eigenvalue weighted by atomic mass is 10.3. The summed E-state index contributed by atoms with van der Waals surface area (Å²) in [5.41, 5.74) is 0. The second-order valence-corrected chi connectivity index (χ2v) is 6.39. The molecule has 0 aromatic carbocycles. The molecule has 10 heteroatoms. The van der Waals surface area contributed by atoms with Gasteiger partial charge >= 0.3 is 0 Å². The van der Waals surface area contributed by atoms with Crippen molar-refractivity contribution in [1.82, 2.24) is 4.98 Å². The number of hydrogen-bond donors (Lipinski definition) is 0. The Kier molecular flexibility index (Phi) is 8.78. The lowest BCUT2D eigenvalue weighted by Gasteiger charge is -2.25. The molecule has 29 heavy (non-hydrogen) atoms. The van der Waals surface area contributed by atoms with Crippen molar-refractivity contribution < 1.29 is 33.3 Å². The zero-order valence-corrected chi connectivity index (χ0v) is 16.4. The summed E-state index contributed by atoms with van der Waals surface area (Å²) in [5.74, 6) is 0.385. The smallest absolute Gasteiger partial charge is 0.254 e. The van der Waals surface area contributed by atoms with Crippen molar-refractivity contribution >= 4 is 23.5 Å². The maximum absolute atomic E-state index is 12.7. The van der Waals surface area contributed by atoms with E-state index in [4.69, 9.17) is 23.7 Å². The predicted octanol–water partition coefficient (Wildman–Crippen LogP) is -0.142. The zero-order chi connectivity index (χ0) is 20.3. The van der Waals surface area contributed by atoms with Crippen LogP contribution in [-0.2, 0) is 33.3 Å². The minimum Gasteiger partial charge on any atom is -0.377 e. The first-order valence-electron chi connectivity index (χ1n) is 9.72. The maximum atomic E-state index is 12.7. The molecule has 2 amide bonds. The highest BCUT2D eigenvalue weighted by atomic mass is 16.5. The van der Waals surface area contributed by atoms with E-state index in [1.54, 1.807) is 18.2 Å². The Morgan fingerprint density at radius 1 is 0.621 bits per heavy atom. The Hall–Kier alpha value is -2.11. The Balaban J connectivity index is 1.89. The Morgan fingerprint density at radius 3 is 1.52 bits per heavy atom. The van der Waals surface area contributed by atoms with E-state index in [1.807, 2.05) is 0 Å². The van der Waals surface area contributed by atoms with E-state index in [9.17, 15) is 9.59 Å². The fraction of sp³-hybridized carbons (Fsp3) is 0.632. The maximum Gasteiger partial charge on any atom is 0.254 e. The number of ether oxygens (including phenoxy) is 5. The van der Waals surface area contributed by atoms with Gasteiger partial charge in [0.15, 0.2) is 0 Å². The van der Waals surface area contributed by atoms with Crippen molar-refractivity contribution in [3.63, 3.8) is 0 Å². The number of rotatable bonds is 0. The normalized spacial score (nSPS) is 21.5. The number of aromatic nitrogens is 1. The average molecular weight is 409 g/mol. The third-order valence-electron chi connectivity index (χ3n) is 4.36. The second kappa shape index (κ2) is 11.8. The van der Waals surface area contributed by atoms with Crippen LogP contribution in [0.25, 0.3) is 0 Å². The van der Waals surface area contributed by atoms with Crippen LogP contribution in [0.3, 0.4) is 0 Å². The Bertz CT molecular complexity index is 622. The van der Waals surface area contributed by atoms with Gasteiger partial charge < -0.3 is 23.7 Å². The minimum absolute atomic E-state index is 0.107. The molecule has 3 heterocycles. The highest BCUT2D eigenvalue weighted by molar-refractivity contribution is 5.95. The quantitative estimate of drug-likeness (QED) is 0.584. The summed E-state index contributed by atoms with van der Waals surface area (Å²) in [5, 5.41) is 0. The lowest BCUT2D eigenvalue weighted by Crippen LogP contribution is -2.39. The van der Waals surface area contributed by atoms with Gasteiger partial charge in [-0.3, -0.25) is 19.4 Å². The first-order valence-corrected chi connectivity index (χ1v) is 9.72. The third kappa shape index (κ3) is 6.72. The van der Waals surface area contributed by atoms with E-state index >= 15 is 0 Å². The molecular formula is C19H27N3O7. The van der Waals surface area contributed by atoms with Crippen LogP contribution in [0, 0.1) is 0 Å². The van der Waals surface area contributed by atoms with Gasteiger partial charge in [0.05, 0.1) is 65.9 Å². The van der Waals surface area contributed by atoms with Gasteiger partial charge in [0.1, 0.15) is 24.8 Å². The fourth-order valence-electron chi connectivity index (χ4n) is 2.89. The van der Waals surface area contributed by atoms with E-state index in [-0.39, 0.29) is 38.2 Å². The SMILES string of the molecule is O=C1COCCOCC(=O)N2CCOCCOCCOCCN1c1cccc2n1. The molecule has 3 rings (SSSR count). The molecule has 0 atom stereocenters. The third-order valence-corrected chi connectivity index (χ3v) is 4.36. The summed E-state index contributed by atoms with van der Waals surface area (Å²) >= 11 is 0. The van der Waals surface area contributed by atoms with Gasteiger partial charge in [-0.05, 0) is 12.1 Å². The van der Waals surface area contributed by atoms with E-state index in [1.165, 1.54) is 9.80 Å². The van der Waals surface area contributed by atoms with E-state index in [0.717, 1.165) is 0 Å². The molecule has 0 saturated carbocycles. The van der Waals surface area contributed by atoms with Crippen LogP contribution < -0.4 is 9.80 Å². The Morgan fingerprint density at radius 2 is 1.03 bits per heavy atom. The highest BCUT2D eigenvalue weighted by Crippen LogP contribution is 2.19. The predicted molar refractivity (Wildman–Crippen MR) is 103 cm³/mol. The van der Waals surface area contributed by atoms with Crippen molar-refractivity contribution in [2.75, 3.05) is 89.0 Å². The van der Waals surface area contributed by atoms with E-state index in [2.05, 4.69) is 4.98 Å². The standard InChI is InChI=1S/C19H27N3O7/c23-18-14-28-12-13-29-15-19(24)22-5-7-26-9-11-27-10-8-25-6-4-21(18)16-2-1-3-17(22)20-16/h1-3H,4-15H2. The number of nitrogens with zero attached hydrogens (tertiary/aromatic N) is 3. The number of carbonyl (C=O) groups is 2. The summed E-state index contributed by atoms with van der Waals surface area (Å²) in [4.78, 5) is 33.0. The van der Waals surface area contributed by atoms with Gasteiger partial charge in [-0.1, -0.05) is 6.07 Å². The highest BCUT2D eigenvalue weighted by Gasteiger charge is 2.22. The van der Waals surface area contributed by atoms with Crippen LogP contribution in [-0.4, -0.2) is 96.0 Å². The van der Waals surface area contributed by atoms with E-state index < -0.39 is 0 Å². The molecule has 0 aliphatic carbocycles. The van der Waals surface area contributed by atoms with Crippen molar-refractivity contribution in [3.05, 3.63) is 18.2 Å². The lowest BCUT2D eigenvalue weighted by molar-refractivity contribution is -0.126. The van der Waals surface area contributed by atoms with E-state index in [0.29, 0.717) is 64.4 Å². The van der Waals surface area contributed by atoms with Gasteiger partial charge in [-0.25, -0.2) is 4.98 Å². The molecule has 0 spiro atoms. The zero-order valence-electron chi connectivity index (χ0n) is 16.4. The average Bonchev–Trinajstić information content (AvgIpc) is 2.73. The molecule has 2 aliphatic heterocycles. The minimum atomic E-state index is -0.240. The molecule has 4 bridgehead atoms. The Labute approximate surface area is 169 Å². The molecule has 0 radical (unpaired) electrons. The second-order valence-electron chi connectivity index (χ2n) is 6.39. The molecule has 2 aliphatic rings. The molecule has 1 aromatic rings. The molecule has 160 valence electrons. The molecular weight excluding hydrogens is 382 g/mol. The van der Waals surface area contributed by atoms with Gasteiger partial charge in [-0.15, -0.1) is 0 Å². The van der Waals surface area contributed by atoms with Crippen molar-refractivity contribution in [2.45, 2.75) is 0 Å². The summed E-state index contributed by atoms with van der Waals surface area (Å²) < 4.78 is 27.4. The van der Waals surface area contributed by atoms with Crippen LogP contribution in [0.15, 0.2) is 18.2 Å². The largest absolute Gasteiger partial charge is 0.377 e. The number of carbonyl (C=O) groups excluding carboxylic acids is 2. The molecule has 0 fully saturated rings. The van der Waals surface area contributed by atoms with Gasteiger partial charge in [0.2, 0.25) is 0 Å². The van der Waals surface area contributed by atoms with Gasteiger partial charge in [0, 0.05) is 0 Å². The molecule has 10 nitrogen and oxygen atoms in total. The first-order chi connectivity index (χ1) is 14.3. The van der Waals surface area contributed by atoms with Crippen molar-refractivity contribution in [2.24, 2.45) is 0 Å². The van der Waals surface area contributed by atoms with Crippen molar-refractivity contribution in [1.29, 1.82) is 0 Å². The molecule has 0 N–H and O–H groups in total. The molecule has 1 aromatic heterocycles. The van der Waals surface area contributed by atoms with Crippen molar-refractivity contribution in [3.8, 4) is 0 Å². The van der Waals surface area contributed by atoms with Gasteiger partial charge in [0.25, 0.3) is 11.8 Å².